The first-order chi connectivity index (χ1) is 6.61. The van der Waals surface area contributed by atoms with Crippen LogP contribution in [0.25, 0.3) is 0 Å². The van der Waals surface area contributed by atoms with Gasteiger partial charge in [-0.25, -0.2) is 4.57 Å². The van der Waals surface area contributed by atoms with Crippen molar-refractivity contribution in [2.45, 2.75) is 6.92 Å². The van der Waals surface area contributed by atoms with Gasteiger partial charge in [0, 0.05) is 19.9 Å². The molecule has 0 aromatic heterocycles. The van der Waals surface area contributed by atoms with Crippen LogP contribution in [0, 0.1) is 6.92 Å². The van der Waals surface area contributed by atoms with Crippen molar-refractivity contribution >= 4 is 13.4 Å². The van der Waals surface area contributed by atoms with Crippen LogP contribution in [0.3, 0.4) is 0 Å². The third-order valence-corrected chi connectivity index (χ3v) is 3.36. The third-order valence-electron chi connectivity index (χ3n) is 1.88. The Hall–Kier alpha value is -0.830. The Kier molecular flexibility index (Phi) is 3.69. The zero-order chi connectivity index (χ0) is 10.6. The summed E-state index contributed by atoms with van der Waals surface area (Å²) in [5.41, 5.74) is 1.74. The Morgan fingerprint density at radius 1 is 1.21 bits per heavy atom. The lowest BCUT2D eigenvalue weighted by Crippen LogP contribution is -2.01. The Morgan fingerprint density at radius 3 is 2.29 bits per heavy atom. The van der Waals surface area contributed by atoms with Crippen LogP contribution >= 0.6 is 7.75 Å². The van der Waals surface area contributed by atoms with Crippen molar-refractivity contribution in [3.8, 4) is 0 Å². The molecule has 0 aliphatic heterocycles. The summed E-state index contributed by atoms with van der Waals surface area (Å²) in [4.78, 5) is 0. The first-order valence-corrected chi connectivity index (χ1v) is 5.71. The molecule has 0 saturated carbocycles. The van der Waals surface area contributed by atoms with E-state index in [9.17, 15) is 4.57 Å². The average Bonchev–Trinajstić information content (AvgIpc) is 2.21. The van der Waals surface area contributed by atoms with Crippen LogP contribution in [0.5, 0.6) is 0 Å². The fourth-order valence-electron chi connectivity index (χ4n) is 1.01. The number of benzene rings is 1. The molecule has 14 heavy (non-hydrogen) atoms. The smallest absolute Gasteiger partial charge is 0.296 e. The molecule has 0 spiro atoms. The van der Waals surface area contributed by atoms with E-state index in [-0.39, 0.29) is 0 Å². The van der Waals surface area contributed by atoms with E-state index < -0.39 is 7.75 Å². The van der Waals surface area contributed by atoms with Crippen LogP contribution in [0.15, 0.2) is 24.3 Å². The van der Waals surface area contributed by atoms with Crippen molar-refractivity contribution in [3.63, 3.8) is 0 Å². The monoisotopic (exact) mass is 215 g/mol. The van der Waals surface area contributed by atoms with Crippen molar-refractivity contribution < 1.29 is 13.6 Å². The molecule has 0 fully saturated rings. The molecule has 1 aromatic carbocycles. The van der Waals surface area contributed by atoms with Crippen molar-refractivity contribution in [1.82, 2.24) is 0 Å². The lowest BCUT2D eigenvalue weighted by atomic mass is 10.2. The van der Waals surface area contributed by atoms with E-state index in [0.29, 0.717) is 0 Å². The highest BCUT2D eigenvalue weighted by molar-refractivity contribution is 7.55. The molecule has 78 valence electrons. The lowest BCUT2D eigenvalue weighted by molar-refractivity contribution is 0.281. The zero-order valence-electron chi connectivity index (χ0n) is 8.48. The number of hydrogen-bond donors (Lipinski definition) is 1. The van der Waals surface area contributed by atoms with Crippen molar-refractivity contribution in [2.75, 3.05) is 19.3 Å². The van der Waals surface area contributed by atoms with Gasteiger partial charge in [-0.2, -0.15) is 0 Å². The summed E-state index contributed by atoms with van der Waals surface area (Å²) in [6.45, 7) is 1.91. The third kappa shape index (κ3) is 2.58. The Labute approximate surface area is 83.8 Å². The van der Waals surface area contributed by atoms with Gasteiger partial charge >= 0.3 is 7.75 Å². The maximum atomic E-state index is 11.7. The molecule has 0 bridgehead atoms. The second-order valence-electron chi connectivity index (χ2n) is 2.79. The van der Waals surface area contributed by atoms with E-state index in [4.69, 9.17) is 9.05 Å². The molecule has 0 saturated heterocycles. The summed E-state index contributed by atoms with van der Waals surface area (Å²) < 4.78 is 21.3. The van der Waals surface area contributed by atoms with Gasteiger partial charge in [0.1, 0.15) is 0 Å². The SMILES string of the molecule is COP(=O)(Nc1ccccc1C)OC. The largest absolute Gasteiger partial charge is 0.432 e. The van der Waals surface area contributed by atoms with Gasteiger partial charge in [0.2, 0.25) is 0 Å². The summed E-state index contributed by atoms with van der Waals surface area (Å²) in [5, 5.41) is 2.73. The highest BCUT2D eigenvalue weighted by Crippen LogP contribution is 2.46. The number of aryl methyl sites for hydroxylation is 1. The lowest BCUT2D eigenvalue weighted by Gasteiger charge is -2.16. The minimum Gasteiger partial charge on any atom is -0.296 e. The zero-order valence-corrected chi connectivity index (χ0v) is 9.38. The van der Waals surface area contributed by atoms with Crippen LogP contribution in [-0.4, -0.2) is 14.2 Å². The minimum atomic E-state index is -3.18. The molecule has 1 rings (SSSR count). The highest BCUT2D eigenvalue weighted by Gasteiger charge is 2.21. The number of anilines is 1. The summed E-state index contributed by atoms with van der Waals surface area (Å²) >= 11 is 0. The molecule has 0 aliphatic rings. The summed E-state index contributed by atoms with van der Waals surface area (Å²) in [6, 6.07) is 7.49. The quantitative estimate of drug-likeness (QED) is 0.784. The number of hydrogen-bond acceptors (Lipinski definition) is 3. The predicted molar refractivity (Wildman–Crippen MR) is 56.4 cm³/mol. The van der Waals surface area contributed by atoms with Crippen LogP contribution < -0.4 is 5.09 Å². The van der Waals surface area contributed by atoms with Gasteiger partial charge in [-0.1, -0.05) is 18.2 Å². The summed E-state index contributed by atoms with van der Waals surface area (Å²) in [5.74, 6) is 0. The Bertz CT molecular complexity index is 346. The predicted octanol–water partition coefficient (Wildman–Crippen LogP) is 2.81. The topological polar surface area (TPSA) is 47.6 Å². The molecular weight excluding hydrogens is 201 g/mol. The van der Waals surface area contributed by atoms with Crippen LogP contribution in [0.1, 0.15) is 5.56 Å². The van der Waals surface area contributed by atoms with Crippen LogP contribution in [0.4, 0.5) is 5.69 Å². The molecule has 0 atom stereocenters. The van der Waals surface area contributed by atoms with Gasteiger partial charge in [-0.3, -0.25) is 14.1 Å². The normalized spacial score (nSPS) is 11.4. The standard InChI is InChI=1S/C9H14NO3P/c1-8-6-4-5-7-9(8)10-14(11,12-2)13-3/h4-7H,1-3H3,(H,10,11). The van der Waals surface area contributed by atoms with Crippen molar-refractivity contribution in [1.29, 1.82) is 0 Å². The second kappa shape index (κ2) is 4.60. The van der Waals surface area contributed by atoms with Gasteiger partial charge in [0.25, 0.3) is 0 Å². The molecular formula is C9H14NO3P. The summed E-state index contributed by atoms with van der Waals surface area (Å²) in [7, 11) is -0.494. The van der Waals surface area contributed by atoms with Gasteiger partial charge in [0.15, 0.2) is 0 Å². The minimum absolute atomic E-state index is 0.750. The van der Waals surface area contributed by atoms with Gasteiger partial charge in [0.05, 0.1) is 0 Å². The molecule has 5 heteroatoms. The summed E-state index contributed by atoms with van der Waals surface area (Å²) in [6.07, 6.45) is 0. The maximum absolute atomic E-state index is 11.7. The molecule has 1 N–H and O–H groups in total. The average molecular weight is 215 g/mol. The fourth-order valence-corrected chi connectivity index (χ4v) is 1.89. The van der Waals surface area contributed by atoms with Crippen LogP contribution in [0.2, 0.25) is 0 Å². The van der Waals surface area contributed by atoms with E-state index >= 15 is 0 Å². The van der Waals surface area contributed by atoms with Gasteiger partial charge in [-0.15, -0.1) is 0 Å². The maximum Gasteiger partial charge on any atom is 0.432 e. The molecule has 0 heterocycles. The molecule has 0 radical (unpaired) electrons. The molecule has 4 nitrogen and oxygen atoms in total. The van der Waals surface area contributed by atoms with Crippen LogP contribution in [-0.2, 0) is 13.6 Å². The van der Waals surface area contributed by atoms with Crippen molar-refractivity contribution in [2.24, 2.45) is 0 Å². The molecule has 0 amide bonds. The Morgan fingerprint density at radius 2 is 1.79 bits per heavy atom. The molecule has 1 aromatic rings. The first-order valence-electron chi connectivity index (χ1n) is 4.17. The van der Waals surface area contributed by atoms with Gasteiger partial charge in [-0.05, 0) is 18.6 Å². The Balaban J connectivity index is 2.88. The molecule has 0 unspecified atom stereocenters. The molecule has 0 aliphatic carbocycles. The van der Waals surface area contributed by atoms with Gasteiger partial charge < -0.3 is 0 Å². The number of rotatable bonds is 4. The fraction of sp³-hybridized carbons (Fsp3) is 0.333. The number of para-hydroxylation sites is 1. The highest BCUT2D eigenvalue weighted by atomic mass is 31.2. The number of nitrogens with one attached hydrogen (secondary N) is 1. The second-order valence-corrected chi connectivity index (χ2v) is 4.74. The van der Waals surface area contributed by atoms with E-state index in [1.807, 2.05) is 31.2 Å². The van der Waals surface area contributed by atoms with E-state index in [2.05, 4.69) is 5.09 Å². The first kappa shape index (κ1) is 11.2. The van der Waals surface area contributed by atoms with Crippen molar-refractivity contribution in [3.05, 3.63) is 29.8 Å². The van der Waals surface area contributed by atoms with E-state index in [0.717, 1.165) is 11.3 Å². The van der Waals surface area contributed by atoms with E-state index in [1.165, 1.54) is 14.2 Å². The van der Waals surface area contributed by atoms with E-state index in [1.54, 1.807) is 0 Å².